The predicted molar refractivity (Wildman–Crippen MR) is 118 cm³/mol. The second-order valence-corrected chi connectivity index (χ2v) is 6.76. The molecule has 0 spiro atoms. The molecule has 0 aliphatic heterocycles. The average molecular weight is 544 g/mol. The number of rotatable bonds is 8. The summed E-state index contributed by atoms with van der Waals surface area (Å²) in [5, 5.41) is 17.8. The van der Waals surface area contributed by atoms with Crippen LogP contribution < -0.4 is 15.4 Å². The zero-order valence-corrected chi connectivity index (χ0v) is 19.1. The van der Waals surface area contributed by atoms with Gasteiger partial charge < -0.3 is 20.5 Å². The highest BCUT2D eigenvalue weighted by molar-refractivity contribution is 14.0. The standard InChI is InChI=1S/C18H23F3N4O2S.HI/c1-3-22-17(23-8-7-16-25-15(11-28-16)18(19,20)21)24-10-14(26)12-5-4-6-13(9-12)27-2;/h4-6,9,11,14,26H,3,7-8,10H2,1-2H3,(H2,22,23,24);1H. The third kappa shape index (κ3) is 8.34. The maximum atomic E-state index is 12.6. The van der Waals surface area contributed by atoms with E-state index >= 15 is 0 Å². The van der Waals surface area contributed by atoms with E-state index in [1.54, 1.807) is 31.4 Å². The monoisotopic (exact) mass is 544 g/mol. The van der Waals surface area contributed by atoms with Gasteiger partial charge in [-0.25, -0.2) is 4.98 Å². The van der Waals surface area contributed by atoms with Gasteiger partial charge in [0.25, 0.3) is 0 Å². The molecule has 0 aliphatic rings. The van der Waals surface area contributed by atoms with Gasteiger partial charge in [-0.2, -0.15) is 13.2 Å². The van der Waals surface area contributed by atoms with Gasteiger partial charge in [0.1, 0.15) is 5.75 Å². The molecular formula is C18H24F3IN4O2S. The normalized spacial score (nSPS) is 12.8. The van der Waals surface area contributed by atoms with Crippen molar-refractivity contribution >= 4 is 41.3 Å². The zero-order chi connectivity index (χ0) is 20.6. The minimum absolute atomic E-state index is 0. The highest BCUT2D eigenvalue weighted by Gasteiger charge is 2.33. The Hall–Kier alpha value is -1.60. The Morgan fingerprint density at radius 2 is 2.10 bits per heavy atom. The van der Waals surface area contributed by atoms with Crippen LogP contribution in [0.2, 0.25) is 0 Å². The van der Waals surface area contributed by atoms with Crippen molar-refractivity contribution in [1.82, 2.24) is 15.6 Å². The number of benzene rings is 1. The molecule has 1 atom stereocenters. The smallest absolute Gasteiger partial charge is 0.434 e. The van der Waals surface area contributed by atoms with E-state index in [0.29, 0.717) is 41.8 Å². The Morgan fingerprint density at radius 1 is 1.34 bits per heavy atom. The van der Waals surface area contributed by atoms with Gasteiger partial charge in [-0.3, -0.25) is 4.99 Å². The zero-order valence-electron chi connectivity index (χ0n) is 16.0. The molecule has 1 heterocycles. The second-order valence-electron chi connectivity index (χ2n) is 5.81. The highest BCUT2D eigenvalue weighted by Crippen LogP contribution is 2.30. The summed E-state index contributed by atoms with van der Waals surface area (Å²) in [7, 11) is 1.55. The SMILES string of the molecule is CCNC(=NCC(O)c1cccc(OC)c1)NCCc1nc(C(F)(F)F)cs1.I. The van der Waals surface area contributed by atoms with Gasteiger partial charge >= 0.3 is 6.18 Å². The first-order valence-electron chi connectivity index (χ1n) is 8.69. The van der Waals surface area contributed by atoms with Gasteiger partial charge in [0, 0.05) is 24.9 Å². The summed E-state index contributed by atoms with van der Waals surface area (Å²) in [6, 6.07) is 7.09. The van der Waals surface area contributed by atoms with Crippen molar-refractivity contribution in [2.75, 3.05) is 26.7 Å². The number of halogens is 4. The first kappa shape index (κ1) is 25.4. The number of aliphatic imine (C=N–C) groups is 1. The van der Waals surface area contributed by atoms with Crippen molar-refractivity contribution in [1.29, 1.82) is 0 Å². The Kier molecular flexibility index (Phi) is 10.7. The number of thiazole rings is 1. The maximum absolute atomic E-state index is 12.6. The molecule has 0 bridgehead atoms. The molecule has 11 heteroatoms. The molecule has 0 saturated heterocycles. The number of hydrogen-bond acceptors (Lipinski definition) is 5. The Morgan fingerprint density at radius 3 is 2.72 bits per heavy atom. The third-order valence-corrected chi connectivity index (χ3v) is 4.63. The van der Waals surface area contributed by atoms with Crippen molar-refractivity contribution in [3.8, 4) is 5.75 Å². The summed E-state index contributed by atoms with van der Waals surface area (Å²) >= 11 is 0.977. The summed E-state index contributed by atoms with van der Waals surface area (Å²) in [6.45, 7) is 2.99. The van der Waals surface area contributed by atoms with Crippen LogP contribution in [0.4, 0.5) is 13.2 Å². The van der Waals surface area contributed by atoms with Gasteiger partial charge in [-0.15, -0.1) is 35.3 Å². The van der Waals surface area contributed by atoms with Gasteiger partial charge in [0.2, 0.25) is 0 Å². The average Bonchev–Trinajstić information content (AvgIpc) is 3.15. The van der Waals surface area contributed by atoms with Crippen molar-refractivity contribution < 1.29 is 23.0 Å². The van der Waals surface area contributed by atoms with E-state index in [0.717, 1.165) is 16.7 Å². The molecule has 2 rings (SSSR count). The third-order valence-electron chi connectivity index (χ3n) is 3.72. The van der Waals surface area contributed by atoms with E-state index in [4.69, 9.17) is 4.74 Å². The van der Waals surface area contributed by atoms with Gasteiger partial charge in [0.05, 0.1) is 24.8 Å². The molecule has 0 amide bonds. The quantitative estimate of drug-likeness (QED) is 0.269. The molecule has 1 aromatic carbocycles. The van der Waals surface area contributed by atoms with Crippen LogP contribution in [-0.2, 0) is 12.6 Å². The molecule has 1 unspecified atom stereocenters. The topological polar surface area (TPSA) is 78.8 Å². The lowest BCUT2D eigenvalue weighted by Crippen LogP contribution is -2.38. The minimum atomic E-state index is -4.42. The molecule has 162 valence electrons. The first-order chi connectivity index (χ1) is 13.3. The molecule has 3 N–H and O–H groups in total. The van der Waals surface area contributed by atoms with Gasteiger partial charge in [-0.1, -0.05) is 12.1 Å². The molecule has 0 aliphatic carbocycles. The largest absolute Gasteiger partial charge is 0.497 e. The molecule has 6 nitrogen and oxygen atoms in total. The van der Waals surface area contributed by atoms with Crippen LogP contribution in [0.15, 0.2) is 34.6 Å². The molecule has 0 saturated carbocycles. The van der Waals surface area contributed by atoms with Crippen LogP contribution in [0.5, 0.6) is 5.75 Å². The van der Waals surface area contributed by atoms with Crippen LogP contribution in [0.1, 0.15) is 29.3 Å². The Balaban J connectivity index is 0.00000420. The molecular weight excluding hydrogens is 520 g/mol. The van der Waals surface area contributed by atoms with E-state index in [9.17, 15) is 18.3 Å². The molecule has 0 fully saturated rings. The molecule has 29 heavy (non-hydrogen) atoms. The number of nitrogens with one attached hydrogen (secondary N) is 2. The van der Waals surface area contributed by atoms with Crippen molar-refractivity contribution in [3.05, 3.63) is 45.9 Å². The maximum Gasteiger partial charge on any atom is 0.434 e. The van der Waals surface area contributed by atoms with Crippen LogP contribution in [0, 0.1) is 0 Å². The lowest BCUT2D eigenvalue weighted by atomic mass is 10.1. The first-order valence-corrected chi connectivity index (χ1v) is 9.57. The van der Waals surface area contributed by atoms with Crippen molar-refractivity contribution in [3.63, 3.8) is 0 Å². The number of aromatic nitrogens is 1. The van der Waals surface area contributed by atoms with E-state index in [2.05, 4.69) is 20.6 Å². The molecule has 1 aromatic heterocycles. The number of methoxy groups -OCH3 is 1. The lowest BCUT2D eigenvalue weighted by Gasteiger charge is -2.13. The minimum Gasteiger partial charge on any atom is -0.497 e. The number of hydrogen-bond donors (Lipinski definition) is 3. The summed E-state index contributed by atoms with van der Waals surface area (Å²) in [5.41, 5.74) is -0.184. The van der Waals surface area contributed by atoms with E-state index in [1.807, 2.05) is 6.92 Å². The second kappa shape index (κ2) is 12.2. The highest BCUT2D eigenvalue weighted by atomic mass is 127. The summed E-state index contributed by atoms with van der Waals surface area (Å²) in [6.07, 6.45) is -4.89. The van der Waals surface area contributed by atoms with E-state index in [1.165, 1.54) is 0 Å². The van der Waals surface area contributed by atoms with Gasteiger partial charge in [-0.05, 0) is 24.6 Å². The fourth-order valence-corrected chi connectivity index (χ4v) is 3.12. The number of ether oxygens (including phenoxy) is 1. The van der Waals surface area contributed by atoms with E-state index in [-0.39, 0.29) is 30.5 Å². The molecule has 0 radical (unpaired) electrons. The number of guanidine groups is 1. The van der Waals surface area contributed by atoms with E-state index < -0.39 is 18.0 Å². The Labute approximate surface area is 188 Å². The lowest BCUT2D eigenvalue weighted by molar-refractivity contribution is -0.140. The van der Waals surface area contributed by atoms with Crippen LogP contribution in [0.25, 0.3) is 0 Å². The van der Waals surface area contributed by atoms with Crippen molar-refractivity contribution in [2.45, 2.75) is 25.6 Å². The van der Waals surface area contributed by atoms with Crippen LogP contribution >= 0.6 is 35.3 Å². The number of aliphatic hydroxyl groups is 1. The van der Waals surface area contributed by atoms with Crippen LogP contribution in [0.3, 0.4) is 0 Å². The predicted octanol–water partition coefficient (Wildman–Crippen LogP) is 3.62. The molecule has 2 aromatic rings. The summed E-state index contributed by atoms with van der Waals surface area (Å²) in [4.78, 5) is 7.92. The van der Waals surface area contributed by atoms with Gasteiger partial charge in [0.15, 0.2) is 11.7 Å². The summed E-state index contributed by atoms with van der Waals surface area (Å²) in [5.74, 6) is 1.12. The van der Waals surface area contributed by atoms with Crippen LogP contribution in [-0.4, -0.2) is 42.8 Å². The number of aliphatic hydroxyl groups excluding tert-OH is 1. The number of nitrogens with zero attached hydrogens (tertiary/aromatic N) is 2. The fraction of sp³-hybridized carbons (Fsp3) is 0.444. The number of alkyl halides is 3. The Bertz CT molecular complexity index is 786. The van der Waals surface area contributed by atoms with Crippen molar-refractivity contribution in [2.24, 2.45) is 4.99 Å². The summed E-state index contributed by atoms with van der Waals surface area (Å²) < 4.78 is 42.9. The fourth-order valence-electron chi connectivity index (χ4n) is 2.32.